The van der Waals surface area contributed by atoms with E-state index in [4.69, 9.17) is 10.3 Å². The normalized spacial score (nSPS) is 16.9. The van der Waals surface area contributed by atoms with Crippen LogP contribution in [0.2, 0.25) is 0 Å². The Balaban J connectivity index is 2.06. The van der Waals surface area contributed by atoms with E-state index in [1.54, 1.807) is 0 Å². The minimum absolute atomic E-state index is 0.0578. The summed E-state index contributed by atoms with van der Waals surface area (Å²) in [4.78, 5) is 2.57. The number of azide groups is 1. The summed E-state index contributed by atoms with van der Waals surface area (Å²) >= 11 is 0. The third kappa shape index (κ3) is 4.60. The van der Waals surface area contributed by atoms with Crippen molar-refractivity contribution in [3.8, 4) is 5.75 Å². The van der Waals surface area contributed by atoms with Gasteiger partial charge in [-0.2, -0.15) is 0 Å². The summed E-state index contributed by atoms with van der Waals surface area (Å²) in [6.07, 6.45) is -0.115. The maximum Gasteiger partial charge on any atom is 0.125 e. The molecule has 0 saturated heterocycles. The van der Waals surface area contributed by atoms with Crippen molar-refractivity contribution in [3.63, 3.8) is 0 Å². The summed E-state index contributed by atoms with van der Waals surface area (Å²) in [5, 5.41) is 23.3. The van der Waals surface area contributed by atoms with Crippen LogP contribution in [-0.2, 0) is 0 Å². The van der Waals surface area contributed by atoms with Gasteiger partial charge in [-0.25, -0.2) is 4.39 Å². The molecule has 0 amide bonds. The van der Waals surface area contributed by atoms with Gasteiger partial charge in [0.05, 0.1) is 12.7 Å². The van der Waals surface area contributed by atoms with Gasteiger partial charge in [-0.15, -0.1) is 0 Å². The van der Waals surface area contributed by atoms with Gasteiger partial charge in [-0.3, -0.25) is 0 Å². The number of halogens is 1. The third-order valence-corrected chi connectivity index (χ3v) is 3.41. The molecule has 0 aromatic heterocycles. The van der Waals surface area contributed by atoms with Gasteiger partial charge in [0, 0.05) is 17.0 Å². The summed E-state index contributed by atoms with van der Waals surface area (Å²) in [5.74, 6) is 0.388. The van der Waals surface area contributed by atoms with Crippen molar-refractivity contribution >= 4 is 0 Å². The summed E-state index contributed by atoms with van der Waals surface area (Å²) in [6.45, 7) is 0.586. The molecule has 2 unspecified atom stereocenters. The molecule has 0 heterocycles. The highest BCUT2D eigenvalue weighted by Gasteiger charge is 2.25. The largest absolute Gasteiger partial charge is 0.493 e. The zero-order valence-corrected chi connectivity index (χ0v) is 11.5. The zero-order chi connectivity index (χ0) is 15.2. The van der Waals surface area contributed by atoms with Gasteiger partial charge >= 0.3 is 0 Å². The Kier molecular flexibility index (Phi) is 5.38. The molecule has 1 aromatic rings. The van der Waals surface area contributed by atoms with E-state index in [0.29, 0.717) is 18.3 Å². The molecule has 1 aliphatic rings. The third-order valence-electron chi connectivity index (χ3n) is 3.41. The highest BCUT2D eigenvalue weighted by Crippen LogP contribution is 2.33. The number of nitrogens with zero attached hydrogens (tertiary/aromatic N) is 3. The van der Waals surface area contributed by atoms with Gasteiger partial charge in [-0.05, 0) is 48.9 Å². The van der Waals surface area contributed by atoms with Gasteiger partial charge in [-0.1, -0.05) is 5.11 Å². The molecule has 0 radical (unpaired) electrons. The minimum Gasteiger partial charge on any atom is -0.493 e. The lowest BCUT2D eigenvalue weighted by molar-refractivity contribution is 0.0131. The first-order valence-corrected chi connectivity index (χ1v) is 6.91. The molecule has 6 nitrogen and oxygen atoms in total. The standard InChI is InChI=1S/C14H18FN3O3/c15-10-3-4-13(21-8-9-1-2-9)11(7-10)14(20)12(19)5-6-17-18-16/h3-4,7,9,12,14,19-20H,1-2,5-6,8H2. The Morgan fingerprint density at radius 1 is 1.43 bits per heavy atom. The van der Waals surface area contributed by atoms with Crippen molar-refractivity contribution in [2.24, 2.45) is 11.0 Å². The van der Waals surface area contributed by atoms with E-state index in [9.17, 15) is 14.6 Å². The van der Waals surface area contributed by atoms with Crippen LogP contribution < -0.4 is 4.74 Å². The lowest BCUT2D eigenvalue weighted by Gasteiger charge is -2.20. The molecular formula is C14H18FN3O3. The van der Waals surface area contributed by atoms with Gasteiger partial charge in [0.1, 0.15) is 17.7 Å². The first-order chi connectivity index (χ1) is 10.1. The Bertz CT molecular complexity index is 530. The molecule has 114 valence electrons. The van der Waals surface area contributed by atoms with Crippen LogP contribution in [0.4, 0.5) is 4.39 Å². The number of benzene rings is 1. The van der Waals surface area contributed by atoms with Crippen LogP contribution in [-0.4, -0.2) is 29.5 Å². The van der Waals surface area contributed by atoms with Gasteiger partial charge in [0.25, 0.3) is 0 Å². The summed E-state index contributed by atoms with van der Waals surface area (Å²) in [7, 11) is 0. The maximum atomic E-state index is 13.4. The highest BCUT2D eigenvalue weighted by atomic mass is 19.1. The molecule has 7 heteroatoms. The summed E-state index contributed by atoms with van der Waals surface area (Å²) in [5.41, 5.74) is 8.40. The lowest BCUT2D eigenvalue weighted by atomic mass is 10.0. The molecule has 2 atom stereocenters. The molecule has 1 aliphatic carbocycles. The van der Waals surface area contributed by atoms with Crippen LogP contribution in [0.5, 0.6) is 5.75 Å². The molecule has 2 rings (SSSR count). The van der Waals surface area contributed by atoms with Gasteiger partial charge in [0.2, 0.25) is 0 Å². The number of hydrogen-bond donors (Lipinski definition) is 2. The predicted molar refractivity (Wildman–Crippen MR) is 74.2 cm³/mol. The monoisotopic (exact) mass is 295 g/mol. The number of rotatable bonds is 8. The van der Waals surface area contributed by atoms with E-state index in [1.165, 1.54) is 12.1 Å². The summed E-state index contributed by atoms with van der Waals surface area (Å²) < 4.78 is 19.0. The minimum atomic E-state index is -1.29. The van der Waals surface area contributed by atoms with E-state index >= 15 is 0 Å². The van der Waals surface area contributed by atoms with Crippen LogP contribution in [0, 0.1) is 11.7 Å². The van der Waals surface area contributed by atoms with Gasteiger partial charge < -0.3 is 14.9 Å². The van der Waals surface area contributed by atoms with Crippen molar-refractivity contribution in [2.45, 2.75) is 31.5 Å². The number of aliphatic hydroxyl groups is 2. The Morgan fingerprint density at radius 2 is 2.19 bits per heavy atom. The van der Waals surface area contributed by atoms with Gasteiger partial charge in [0.15, 0.2) is 0 Å². The van der Waals surface area contributed by atoms with Crippen LogP contribution in [0.15, 0.2) is 23.3 Å². The van der Waals surface area contributed by atoms with Crippen molar-refractivity contribution < 1.29 is 19.3 Å². The lowest BCUT2D eigenvalue weighted by Crippen LogP contribution is -2.20. The van der Waals surface area contributed by atoms with Crippen molar-refractivity contribution in [1.29, 1.82) is 0 Å². The Labute approximate surface area is 121 Å². The highest BCUT2D eigenvalue weighted by molar-refractivity contribution is 5.36. The topological polar surface area (TPSA) is 98.5 Å². The average molecular weight is 295 g/mol. The summed E-state index contributed by atoms with van der Waals surface area (Å²) in [6, 6.07) is 3.87. The number of ether oxygens (including phenoxy) is 1. The van der Waals surface area contributed by atoms with Crippen LogP contribution in [0.3, 0.4) is 0 Å². The fourth-order valence-corrected chi connectivity index (χ4v) is 1.97. The van der Waals surface area contributed by atoms with E-state index in [0.717, 1.165) is 18.9 Å². The maximum absolute atomic E-state index is 13.4. The number of aliphatic hydroxyl groups excluding tert-OH is 2. The smallest absolute Gasteiger partial charge is 0.125 e. The fourth-order valence-electron chi connectivity index (χ4n) is 1.97. The SMILES string of the molecule is [N-]=[N+]=NCCC(O)C(O)c1cc(F)ccc1OCC1CC1. The van der Waals surface area contributed by atoms with Crippen molar-refractivity contribution in [3.05, 3.63) is 40.0 Å². The fraction of sp³-hybridized carbons (Fsp3) is 0.571. The van der Waals surface area contributed by atoms with Crippen LogP contribution in [0.1, 0.15) is 30.9 Å². The van der Waals surface area contributed by atoms with Crippen LogP contribution >= 0.6 is 0 Å². The van der Waals surface area contributed by atoms with Crippen LogP contribution in [0.25, 0.3) is 10.4 Å². The molecule has 21 heavy (non-hydrogen) atoms. The second-order valence-corrected chi connectivity index (χ2v) is 5.19. The zero-order valence-electron chi connectivity index (χ0n) is 11.5. The Hall–Kier alpha value is -1.82. The molecule has 0 spiro atoms. The molecule has 0 aliphatic heterocycles. The molecule has 2 N–H and O–H groups in total. The molecule has 1 fully saturated rings. The molecule has 1 aromatic carbocycles. The second kappa shape index (κ2) is 7.26. The number of hydrogen-bond acceptors (Lipinski definition) is 4. The molecular weight excluding hydrogens is 277 g/mol. The average Bonchev–Trinajstić information content (AvgIpc) is 3.29. The van der Waals surface area contributed by atoms with E-state index in [1.807, 2.05) is 0 Å². The quantitative estimate of drug-likeness (QED) is 0.438. The van der Waals surface area contributed by atoms with E-state index in [2.05, 4.69) is 10.0 Å². The van der Waals surface area contributed by atoms with E-state index in [-0.39, 0.29) is 18.5 Å². The first kappa shape index (κ1) is 15.6. The molecule has 0 bridgehead atoms. The predicted octanol–water partition coefficient (Wildman–Crippen LogP) is 2.71. The van der Waals surface area contributed by atoms with Crippen molar-refractivity contribution in [2.75, 3.05) is 13.2 Å². The first-order valence-electron chi connectivity index (χ1n) is 6.91. The second-order valence-electron chi connectivity index (χ2n) is 5.19. The van der Waals surface area contributed by atoms with E-state index < -0.39 is 18.0 Å². The Morgan fingerprint density at radius 3 is 2.86 bits per heavy atom. The van der Waals surface area contributed by atoms with Crippen molar-refractivity contribution in [1.82, 2.24) is 0 Å². The molecule has 1 saturated carbocycles.